The maximum absolute atomic E-state index is 13.6. The number of rotatable bonds is 5. The van der Waals surface area contributed by atoms with Gasteiger partial charge in [0.15, 0.2) is 0 Å². The van der Waals surface area contributed by atoms with Crippen molar-refractivity contribution in [3.05, 3.63) is 53.1 Å². The van der Waals surface area contributed by atoms with Crippen molar-refractivity contribution in [3.8, 4) is 0 Å². The Hall–Kier alpha value is -1.68. The monoisotopic (exact) mass is 261 g/mol. The summed E-state index contributed by atoms with van der Waals surface area (Å²) in [7, 11) is 1.93. The summed E-state index contributed by atoms with van der Waals surface area (Å²) < 4.78 is 15.5. The van der Waals surface area contributed by atoms with Gasteiger partial charge in [-0.1, -0.05) is 25.1 Å². The minimum atomic E-state index is -0.165. The van der Waals surface area contributed by atoms with Crippen LogP contribution in [0.4, 0.5) is 4.39 Å². The van der Waals surface area contributed by atoms with E-state index in [4.69, 9.17) is 0 Å². The SMILES string of the molecule is CCc1cc(CNC(C)c2ccccc2F)n(C)n1. The molecule has 0 saturated heterocycles. The van der Waals surface area contributed by atoms with Crippen LogP contribution in [0.5, 0.6) is 0 Å². The molecule has 0 fully saturated rings. The molecule has 1 N–H and O–H groups in total. The Labute approximate surface area is 113 Å². The molecule has 2 aromatic rings. The lowest BCUT2D eigenvalue weighted by atomic mass is 10.1. The number of halogens is 1. The van der Waals surface area contributed by atoms with Crippen LogP contribution >= 0.6 is 0 Å². The van der Waals surface area contributed by atoms with Crippen molar-refractivity contribution in [2.45, 2.75) is 32.9 Å². The van der Waals surface area contributed by atoms with Crippen LogP contribution in [0.25, 0.3) is 0 Å². The molecule has 0 aliphatic carbocycles. The van der Waals surface area contributed by atoms with Crippen molar-refractivity contribution < 1.29 is 4.39 Å². The van der Waals surface area contributed by atoms with Crippen LogP contribution in [0.3, 0.4) is 0 Å². The van der Waals surface area contributed by atoms with E-state index < -0.39 is 0 Å². The fourth-order valence-corrected chi connectivity index (χ4v) is 2.10. The molecule has 1 aromatic carbocycles. The third-order valence-corrected chi connectivity index (χ3v) is 3.35. The van der Waals surface area contributed by atoms with Crippen LogP contribution in [-0.2, 0) is 20.0 Å². The maximum atomic E-state index is 13.6. The van der Waals surface area contributed by atoms with Crippen LogP contribution in [0.15, 0.2) is 30.3 Å². The minimum Gasteiger partial charge on any atom is -0.304 e. The lowest BCUT2D eigenvalue weighted by Crippen LogP contribution is -2.20. The highest BCUT2D eigenvalue weighted by atomic mass is 19.1. The first-order chi connectivity index (χ1) is 9.11. The van der Waals surface area contributed by atoms with E-state index >= 15 is 0 Å². The van der Waals surface area contributed by atoms with Crippen molar-refractivity contribution in [2.75, 3.05) is 0 Å². The van der Waals surface area contributed by atoms with Crippen molar-refractivity contribution in [1.29, 1.82) is 0 Å². The van der Waals surface area contributed by atoms with E-state index in [-0.39, 0.29) is 11.9 Å². The van der Waals surface area contributed by atoms with Crippen LogP contribution in [0.1, 0.15) is 36.8 Å². The number of nitrogens with one attached hydrogen (secondary N) is 1. The molecule has 1 aromatic heterocycles. The number of nitrogens with zero attached hydrogens (tertiary/aromatic N) is 2. The Morgan fingerprint density at radius 3 is 2.74 bits per heavy atom. The summed E-state index contributed by atoms with van der Waals surface area (Å²) in [5.41, 5.74) is 2.89. The minimum absolute atomic E-state index is 0.0267. The average Bonchev–Trinajstić information content (AvgIpc) is 2.77. The van der Waals surface area contributed by atoms with E-state index in [1.54, 1.807) is 6.07 Å². The van der Waals surface area contributed by atoms with Crippen LogP contribution in [0.2, 0.25) is 0 Å². The third kappa shape index (κ3) is 3.20. The zero-order chi connectivity index (χ0) is 13.8. The zero-order valence-electron chi connectivity index (χ0n) is 11.7. The molecule has 1 heterocycles. The predicted molar refractivity (Wildman–Crippen MR) is 74.2 cm³/mol. The summed E-state index contributed by atoms with van der Waals surface area (Å²) in [6.45, 7) is 4.73. The smallest absolute Gasteiger partial charge is 0.127 e. The fourth-order valence-electron chi connectivity index (χ4n) is 2.10. The molecular formula is C15H20FN3. The van der Waals surface area contributed by atoms with Gasteiger partial charge in [0.05, 0.1) is 11.4 Å². The van der Waals surface area contributed by atoms with Gasteiger partial charge in [-0.2, -0.15) is 5.10 Å². The second-order valence-corrected chi connectivity index (χ2v) is 4.73. The maximum Gasteiger partial charge on any atom is 0.127 e. The molecule has 102 valence electrons. The van der Waals surface area contributed by atoms with Crippen LogP contribution in [0, 0.1) is 5.82 Å². The van der Waals surface area contributed by atoms with Gasteiger partial charge in [0.25, 0.3) is 0 Å². The van der Waals surface area contributed by atoms with Gasteiger partial charge in [0, 0.05) is 25.2 Å². The highest BCUT2D eigenvalue weighted by Crippen LogP contribution is 2.16. The predicted octanol–water partition coefficient (Wildman–Crippen LogP) is 2.97. The summed E-state index contributed by atoms with van der Waals surface area (Å²) in [4.78, 5) is 0. The molecule has 3 nitrogen and oxygen atoms in total. The summed E-state index contributed by atoms with van der Waals surface area (Å²) in [5, 5.41) is 7.73. The van der Waals surface area contributed by atoms with Crippen molar-refractivity contribution in [3.63, 3.8) is 0 Å². The van der Waals surface area contributed by atoms with Gasteiger partial charge in [-0.25, -0.2) is 4.39 Å². The van der Waals surface area contributed by atoms with E-state index in [1.807, 2.05) is 30.8 Å². The molecule has 4 heteroatoms. The quantitative estimate of drug-likeness (QED) is 0.896. The van der Waals surface area contributed by atoms with E-state index in [2.05, 4.69) is 23.4 Å². The Morgan fingerprint density at radius 2 is 2.11 bits per heavy atom. The Kier molecular flexibility index (Phi) is 4.32. The van der Waals surface area contributed by atoms with Gasteiger partial charge in [-0.15, -0.1) is 0 Å². The van der Waals surface area contributed by atoms with Gasteiger partial charge in [0.1, 0.15) is 5.82 Å². The first-order valence-corrected chi connectivity index (χ1v) is 6.61. The molecule has 0 bridgehead atoms. The normalized spacial score (nSPS) is 12.6. The van der Waals surface area contributed by atoms with E-state index in [0.29, 0.717) is 12.1 Å². The highest BCUT2D eigenvalue weighted by molar-refractivity contribution is 5.21. The number of hydrogen-bond donors (Lipinski definition) is 1. The van der Waals surface area contributed by atoms with E-state index in [1.165, 1.54) is 6.07 Å². The molecule has 19 heavy (non-hydrogen) atoms. The number of hydrogen-bond acceptors (Lipinski definition) is 2. The highest BCUT2D eigenvalue weighted by Gasteiger charge is 2.11. The van der Waals surface area contributed by atoms with Gasteiger partial charge in [0.2, 0.25) is 0 Å². The topological polar surface area (TPSA) is 29.9 Å². The molecule has 0 saturated carbocycles. The largest absolute Gasteiger partial charge is 0.304 e. The summed E-state index contributed by atoms with van der Waals surface area (Å²) >= 11 is 0. The average molecular weight is 261 g/mol. The lowest BCUT2D eigenvalue weighted by Gasteiger charge is -2.14. The van der Waals surface area contributed by atoms with Crippen molar-refractivity contribution in [2.24, 2.45) is 7.05 Å². The van der Waals surface area contributed by atoms with Gasteiger partial charge in [-0.3, -0.25) is 4.68 Å². The van der Waals surface area contributed by atoms with E-state index in [0.717, 1.165) is 17.8 Å². The third-order valence-electron chi connectivity index (χ3n) is 3.35. The second kappa shape index (κ2) is 5.97. The molecular weight excluding hydrogens is 241 g/mol. The molecule has 0 amide bonds. The van der Waals surface area contributed by atoms with Crippen LogP contribution < -0.4 is 5.32 Å². The molecule has 0 radical (unpaired) electrons. The lowest BCUT2D eigenvalue weighted by molar-refractivity contribution is 0.515. The molecule has 1 atom stereocenters. The first-order valence-electron chi connectivity index (χ1n) is 6.61. The van der Waals surface area contributed by atoms with E-state index in [9.17, 15) is 4.39 Å². The molecule has 0 aliphatic heterocycles. The fraction of sp³-hybridized carbons (Fsp3) is 0.400. The van der Waals surface area contributed by atoms with Gasteiger partial charge >= 0.3 is 0 Å². The molecule has 0 spiro atoms. The summed E-state index contributed by atoms with van der Waals surface area (Å²) in [5.74, 6) is -0.165. The van der Waals surface area contributed by atoms with Gasteiger partial charge < -0.3 is 5.32 Å². The van der Waals surface area contributed by atoms with Crippen LogP contribution in [-0.4, -0.2) is 9.78 Å². The molecule has 1 unspecified atom stereocenters. The van der Waals surface area contributed by atoms with Crippen molar-refractivity contribution >= 4 is 0 Å². The number of aryl methyl sites for hydroxylation is 2. The Balaban J connectivity index is 2.02. The summed E-state index contributed by atoms with van der Waals surface area (Å²) in [6, 6.07) is 8.93. The Morgan fingerprint density at radius 1 is 1.37 bits per heavy atom. The zero-order valence-corrected chi connectivity index (χ0v) is 11.7. The first kappa shape index (κ1) is 13.7. The van der Waals surface area contributed by atoms with Gasteiger partial charge in [-0.05, 0) is 25.5 Å². The Bertz CT molecular complexity index is 548. The van der Waals surface area contributed by atoms with Crippen molar-refractivity contribution in [1.82, 2.24) is 15.1 Å². The summed E-state index contributed by atoms with van der Waals surface area (Å²) in [6.07, 6.45) is 0.927. The second-order valence-electron chi connectivity index (χ2n) is 4.73. The number of benzene rings is 1. The number of aromatic nitrogens is 2. The molecule has 0 aliphatic rings. The molecule has 2 rings (SSSR count). The standard InChI is InChI=1S/C15H20FN3/c1-4-12-9-13(19(3)18-12)10-17-11(2)14-7-5-6-8-15(14)16/h5-9,11,17H,4,10H2,1-3H3.